The number of pyridine rings is 1. The SMILES string of the molecule is C#Cc1ccc(CCc2cccc(-c3cc(SC)c(Cc4nc5ccc(C)cc5n4CC4CCC4)cc3C)n2)c(F)c1. The Morgan fingerprint density at radius 2 is 1.83 bits per heavy atom. The van der Waals surface area contributed by atoms with Gasteiger partial charge in [0, 0.05) is 34.7 Å². The van der Waals surface area contributed by atoms with Crippen LogP contribution < -0.4 is 0 Å². The lowest BCUT2D eigenvalue weighted by molar-refractivity contribution is 0.277. The number of aryl methyl sites for hydroxylation is 4. The van der Waals surface area contributed by atoms with Crippen LogP contribution in [-0.4, -0.2) is 20.8 Å². The first-order valence-corrected chi connectivity index (χ1v) is 16.0. The predicted octanol–water partition coefficient (Wildman–Crippen LogP) is 8.73. The van der Waals surface area contributed by atoms with Crippen LogP contribution in [0.2, 0.25) is 0 Å². The number of fused-ring (bicyclic) bond motifs is 1. The van der Waals surface area contributed by atoms with E-state index in [1.807, 2.05) is 12.1 Å². The molecule has 0 amide bonds. The standard InChI is InChI=1S/C37H36FN3S/c1-5-26-13-14-28(32(38)20-26)15-16-30-10-7-11-33(39-30)31-22-36(42-4)29(19-25(31)3)21-37-40-34-17-12-24(2)18-35(34)41(37)23-27-8-6-9-27/h1,7,10-14,17-20,22,27H,6,8-9,15-16,21,23H2,2-4H3. The van der Waals surface area contributed by atoms with Crippen molar-refractivity contribution in [2.45, 2.75) is 63.8 Å². The molecule has 42 heavy (non-hydrogen) atoms. The first-order valence-electron chi connectivity index (χ1n) is 14.8. The molecule has 6 rings (SSSR count). The summed E-state index contributed by atoms with van der Waals surface area (Å²) >= 11 is 1.77. The summed E-state index contributed by atoms with van der Waals surface area (Å²) in [5, 5.41) is 0. The fourth-order valence-electron chi connectivity index (χ4n) is 5.95. The lowest BCUT2D eigenvalue weighted by Crippen LogP contribution is -2.19. The summed E-state index contributed by atoms with van der Waals surface area (Å²) in [5.74, 6) is 4.13. The van der Waals surface area contributed by atoms with E-state index in [2.05, 4.69) is 67.0 Å². The third-order valence-corrected chi connectivity index (χ3v) is 9.40. The second-order valence-electron chi connectivity index (χ2n) is 11.5. The lowest BCUT2D eigenvalue weighted by Gasteiger charge is -2.27. The van der Waals surface area contributed by atoms with Gasteiger partial charge in [0.05, 0.1) is 16.7 Å². The Morgan fingerprint density at radius 3 is 2.57 bits per heavy atom. The second kappa shape index (κ2) is 12.2. The molecule has 1 saturated carbocycles. The maximum Gasteiger partial charge on any atom is 0.127 e. The monoisotopic (exact) mass is 573 g/mol. The Labute approximate surface area is 252 Å². The summed E-state index contributed by atoms with van der Waals surface area (Å²) in [5.41, 5.74) is 10.4. The smallest absolute Gasteiger partial charge is 0.127 e. The number of benzene rings is 3. The minimum Gasteiger partial charge on any atom is -0.327 e. The van der Waals surface area contributed by atoms with Gasteiger partial charge in [-0.1, -0.05) is 36.6 Å². The lowest BCUT2D eigenvalue weighted by atomic mass is 9.85. The zero-order valence-electron chi connectivity index (χ0n) is 24.6. The molecule has 0 atom stereocenters. The third-order valence-electron chi connectivity index (χ3n) is 8.58. The van der Waals surface area contributed by atoms with Crippen molar-refractivity contribution in [1.82, 2.24) is 14.5 Å². The van der Waals surface area contributed by atoms with E-state index in [0.717, 1.165) is 47.2 Å². The average Bonchev–Trinajstić information content (AvgIpc) is 3.30. The highest BCUT2D eigenvalue weighted by atomic mass is 32.2. The molecule has 0 radical (unpaired) electrons. The summed E-state index contributed by atoms with van der Waals surface area (Å²) in [7, 11) is 0. The van der Waals surface area contributed by atoms with Crippen LogP contribution in [0.15, 0.2) is 71.6 Å². The Balaban J connectivity index is 1.27. The van der Waals surface area contributed by atoms with Gasteiger partial charge in [-0.25, -0.2) is 9.37 Å². The molecule has 0 saturated heterocycles. The van der Waals surface area contributed by atoms with E-state index in [1.165, 1.54) is 52.4 Å². The van der Waals surface area contributed by atoms with E-state index >= 15 is 0 Å². The van der Waals surface area contributed by atoms with Crippen LogP contribution in [0, 0.1) is 37.9 Å². The summed E-state index contributed by atoms with van der Waals surface area (Å²) in [6.45, 7) is 5.38. The van der Waals surface area contributed by atoms with Crippen molar-refractivity contribution in [3.8, 4) is 23.6 Å². The van der Waals surface area contributed by atoms with E-state index in [4.69, 9.17) is 16.4 Å². The van der Waals surface area contributed by atoms with Gasteiger partial charge in [0.15, 0.2) is 0 Å². The number of thioether (sulfide) groups is 1. The predicted molar refractivity (Wildman–Crippen MR) is 173 cm³/mol. The molecule has 2 heterocycles. The third kappa shape index (κ3) is 5.87. The number of aromatic nitrogens is 3. The zero-order valence-corrected chi connectivity index (χ0v) is 25.4. The van der Waals surface area contributed by atoms with Gasteiger partial charge >= 0.3 is 0 Å². The first kappa shape index (κ1) is 28.2. The number of imidazole rings is 1. The van der Waals surface area contributed by atoms with Gasteiger partial charge in [-0.3, -0.25) is 4.98 Å². The van der Waals surface area contributed by atoms with Gasteiger partial charge in [0.25, 0.3) is 0 Å². The van der Waals surface area contributed by atoms with Crippen molar-refractivity contribution in [3.05, 3.63) is 112 Å². The van der Waals surface area contributed by atoms with Crippen molar-refractivity contribution in [2.24, 2.45) is 5.92 Å². The Hall–Kier alpha value is -3.88. The molecule has 5 aromatic rings. The van der Waals surface area contributed by atoms with Gasteiger partial charge in [-0.2, -0.15) is 0 Å². The van der Waals surface area contributed by atoms with Gasteiger partial charge in [0.1, 0.15) is 11.6 Å². The minimum absolute atomic E-state index is 0.256. The number of hydrogen-bond donors (Lipinski definition) is 0. The molecule has 0 unspecified atom stereocenters. The van der Waals surface area contributed by atoms with E-state index in [-0.39, 0.29) is 5.82 Å². The molecule has 212 valence electrons. The fourth-order valence-corrected chi connectivity index (χ4v) is 6.58. The van der Waals surface area contributed by atoms with Crippen LogP contribution in [-0.2, 0) is 25.8 Å². The van der Waals surface area contributed by atoms with E-state index in [0.29, 0.717) is 24.0 Å². The van der Waals surface area contributed by atoms with E-state index in [1.54, 1.807) is 23.9 Å². The maximum atomic E-state index is 14.5. The summed E-state index contributed by atoms with van der Waals surface area (Å²) in [6, 6.07) is 22.3. The highest BCUT2D eigenvalue weighted by Crippen LogP contribution is 2.34. The normalized spacial score (nSPS) is 13.3. The van der Waals surface area contributed by atoms with Crippen LogP contribution in [0.3, 0.4) is 0 Å². The molecular formula is C37H36FN3S. The molecule has 0 aliphatic heterocycles. The molecule has 3 nitrogen and oxygen atoms in total. The van der Waals surface area contributed by atoms with Crippen LogP contribution in [0.5, 0.6) is 0 Å². The molecule has 5 heteroatoms. The molecule has 0 spiro atoms. The Bertz CT molecular complexity index is 1810. The van der Waals surface area contributed by atoms with Crippen LogP contribution >= 0.6 is 11.8 Å². The van der Waals surface area contributed by atoms with Gasteiger partial charge in [0.2, 0.25) is 0 Å². The van der Waals surface area contributed by atoms with Crippen LogP contribution in [0.1, 0.15) is 58.6 Å². The van der Waals surface area contributed by atoms with Crippen molar-refractivity contribution >= 4 is 22.8 Å². The summed E-state index contributed by atoms with van der Waals surface area (Å²) < 4.78 is 17.0. The Morgan fingerprint density at radius 1 is 0.976 bits per heavy atom. The topological polar surface area (TPSA) is 30.7 Å². The minimum atomic E-state index is -0.256. The van der Waals surface area contributed by atoms with Crippen molar-refractivity contribution < 1.29 is 4.39 Å². The summed E-state index contributed by atoms with van der Waals surface area (Å²) in [4.78, 5) is 11.4. The average molecular weight is 574 g/mol. The number of terminal acetylenes is 1. The van der Waals surface area contributed by atoms with Gasteiger partial charge in [-0.15, -0.1) is 18.2 Å². The number of rotatable bonds is 9. The van der Waals surface area contributed by atoms with E-state index in [9.17, 15) is 4.39 Å². The number of hydrogen-bond acceptors (Lipinski definition) is 3. The second-order valence-corrected chi connectivity index (χ2v) is 12.4. The molecule has 1 aliphatic carbocycles. The molecule has 0 N–H and O–H groups in total. The fraction of sp³-hybridized carbons (Fsp3) is 0.297. The number of halogens is 1. The van der Waals surface area contributed by atoms with Gasteiger partial charge < -0.3 is 4.57 Å². The van der Waals surface area contributed by atoms with Crippen LogP contribution in [0.4, 0.5) is 4.39 Å². The van der Waals surface area contributed by atoms with Gasteiger partial charge in [-0.05, 0) is 116 Å². The molecular weight excluding hydrogens is 537 g/mol. The maximum absolute atomic E-state index is 14.5. The van der Waals surface area contributed by atoms with Crippen LogP contribution in [0.25, 0.3) is 22.3 Å². The molecule has 2 aromatic heterocycles. The first-order chi connectivity index (χ1) is 20.4. The highest BCUT2D eigenvalue weighted by molar-refractivity contribution is 7.98. The number of nitrogens with zero attached hydrogens (tertiary/aromatic N) is 3. The van der Waals surface area contributed by atoms with Crippen molar-refractivity contribution in [1.29, 1.82) is 0 Å². The molecule has 1 aliphatic rings. The van der Waals surface area contributed by atoms with E-state index < -0.39 is 0 Å². The molecule has 0 bridgehead atoms. The zero-order chi connectivity index (χ0) is 29.2. The summed E-state index contributed by atoms with van der Waals surface area (Å²) in [6.07, 6.45) is 13.5. The van der Waals surface area contributed by atoms with Crippen molar-refractivity contribution in [2.75, 3.05) is 6.26 Å². The highest BCUT2D eigenvalue weighted by Gasteiger charge is 2.22. The van der Waals surface area contributed by atoms with Crippen molar-refractivity contribution in [3.63, 3.8) is 0 Å². The largest absolute Gasteiger partial charge is 0.327 e. The molecule has 3 aromatic carbocycles. The molecule has 1 fully saturated rings. The Kier molecular flexibility index (Phi) is 8.18. The quantitative estimate of drug-likeness (QED) is 0.130.